The normalized spacial score (nSPS) is 17.8. The van der Waals surface area contributed by atoms with Gasteiger partial charge in [0.1, 0.15) is 0 Å². The molecule has 1 fully saturated rings. The zero-order valence-electron chi connectivity index (χ0n) is 12.1. The Kier molecular flexibility index (Phi) is 5.86. The van der Waals surface area contributed by atoms with E-state index in [0.717, 1.165) is 19.0 Å². The Balaban J connectivity index is 1.65. The van der Waals surface area contributed by atoms with Crippen LogP contribution in [0, 0.1) is 12.8 Å². The van der Waals surface area contributed by atoms with Crippen LogP contribution in [-0.2, 0) is 6.54 Å². The summed E-state index contributed by atoms with van der Waals surface area (Å²) in [5, 5.41) is 3.54. The Morgan fingerprint density at radius 3 is 2.74 bits per heavy atom. The summed E-state index contributed by atoms with van der Waals surface area (Å²) >= 11 is 3.59. The molecular weight excluding hydrogens is 300 g/mol. The van der Waals surface area contributed by atoms with Crippen LogP contribution in [-0.4, -0.2) is 31.1 Å². The second-order valence-electron chi connectivity index (χ2n) is 5.78. The fourth-order valence-corrected chi connectivity index (χ4v) is 2.93. The van der Waals surface area contributed by atoms with Gasteiger partial charge in [0, 0.05) is 24.1 Å². The van der Waals surface area contributed by atoms with Gasteiger partial charge >= 0.3 is 0 Å². The summed E-state index contributed by atoms with van der Waals surface area (Å²) in [6.45, 7) is 10.3. The third-order valence-corrected chi connectivity index (χ3v) is 4.90. The second kappa shape index (κ2) is 7.41. The molecule has 0 unspecified atom stereocenters. The molecule has 1 saturated heterocycles. The molecule has 1 aromatic carbocycles. The molecule has 0 aromatic heterocycles. The molecular formula is C16H25BrN2. The maximum absolute atomic E-state index is 3.59. The predicted octanol–water partition coefficient (Wildman–Crippen LogP) is 3.58. The number of nitrogens with one attached hydrogen (secondary N) is 1. The number of benzene rings is 1. The lowest BCUT2D eigenvalue weighted by Crippen LogP contribution is -2.37. The van der Waals surface area contributed by atoms with Gasteiger partial charge < -0.3 is 10.2 Å². The van der Waals surface area contributed by atoms with Crippen molar-refractivity contribution >= 4 is 15.9 Å². The molecule has 0 aliphatic carbocycles. The molecule has 1 aliphatic heterocycles. The van der Waals surface area contributed by atoms with Crippen LogP contribution in [0.4, 0.5) is 0 Å². The van der Waals surface area contributed by atoms with Crippen molar-refractivity contribution in [3.8, 4) is 0 Å². The summed E-state index contributed by atoms with van der Waals surface area (Å²) in [5.41, 5.74) is 2.65. The van der Waals surface area contributed by atoms with Crippen LogP contribution in [0.3, 0.4) is 0 Å². The highest BCUT2D eigenvalue weighted by Gasteiger charge is 2.14. The van der Waals surface area contributed by atoms with Crippen molar-refractivity contribution in [1.29, 1.82) is 0 Å². The lowest BCUT2D eigenvalue weighted by atomic mass is 9.99. The van der Waals surface area contributed by atoms with Crippen molar-refractivity contribution < 1.29 is 0 Å². The third kappa shape index (κ3) is 4.90. The van der Waals surface area contributed by atoms with Gasteiger partial charge in [0.15, 0.2) is 0 Å². The summed E-state index contributed by atoms with van der Waals surface area (Å²) in [7, 11) is 0. The zero-order valence-corrected chi connectivity index (χ0v) is 13.7. The molecule has 3 heteroatoms. The number of halogens is 1. The highest BCUT2D eigenvalue weighted by Crippen LogP contribution is 2.17. The van der Waals surface area contributed by atoms with Gasteiger partial charge in [0.25, 0.3) is 0 Å². The molecule has 1 heterocycles. The van der Waals surface area contributed by atoms with Crippen LogP contribution in [0.15, 0.2) is 22.7 Å². The van der Waals surface area contributed by atoms with Crippen molar-refractivity contribution in [3.63, 3.8) is 0 Å². The highest BCUT2D eigenvalue weighted by atomic mass is 79.9. The van der Waals surface area contributed by atoms with E-state index < -0.39 is 0 Å². The van der Waals surface area contributed by atoms with Crippen LogP contribution in [0.1, 0.15) is 30.9 Å². The van der Waals surface area contributed by atoms with Crippen molar-refractivity contribution in [2.45, 2.75) is 33.2 Å². The minimum absolute atomic E-state index is 0.925. The van der Waals surface area contributed by atoms with Gasteiger partial charge in [-0.15, -0.1) is 0 Å². The summed E-state index contributed by atoms with van der Waals surface area (Å²) < 4.78 is 1.21. The Morgan fingerprint density at radius 1 is 1.32 bits per heavy atom. The fraction of sp³-hybridized carbons (Fsp3) is 0.625. The third-order valence-electron chi connectivity index (χ3n) is 4.05. The number of hydrogen-bond acceptors (Lipinski definition) is 2. The van der Waals surface area contributed by atoms with Gasteiger partial charge in [-0.2, -0.15) is 0 Å². The quantitative estimate of drug-likeness (QED) is 0.833. The number of nitrogens with zero attached hydrogens (tertiary/aromatic N) is 1. The van der Waals surface area contributed by atoms with E-state index >= 15 is 0 Å². The van der Waals surface area contributed by atoms with Gasteiger partial charge in [-0.25, -0.2) is 0 Å². The molecule has 0 atom stereocenters. The lowest BCUT2D eigenvalue weighted by Gasteiger charge is -2.30. The van der Waals surface area contributed by atoms with E-state index in [1.54, 1.807) is 0 Å². The molecule has 0 saturated carbocycles. The number of rotatable bonds is 5. The number of hydrogen-bond donors (Lipinski definition) is 1. The first-order valence-corrected chi connectivity index (χ1v) is 8.12. The molecule has 106 valence electrons. The highest BCUT2D eigenvalue weighted by molar-refractivity contribution is 9.10. The number of aryl methyl sites for hydroxylation is 1. The molecule has 19 heavy (non-hydrogen) atoms. The molecule has 1 aliphatic rings. The minimum atomic E-state index is 0.925. The van der Waals surface area contributed by atoms with Crippen LogP contribution in [0.5, 0.6) is 0 Å². The molecule has 2 rings (SSSR count). The standard InChI is InChI=1S/C16H25BrN2/c1-13-5-8-19(9-6-13)10-7-18-12-15-4-3-14(2)16(17)11-15/h3-4,11,13,18H,5-10,12H2,1-2H3. The van der Waals surface area contributed by atoms with Gasteiger partial charge in [0.2, 0.25) is 0 Å². The molecule has 1 N–H and O–H groups in total. The molecule has 2 nitrogen and oxygen atoms in total. The Labute approximate surface area is 125 Å². The largest absolute Gasteiger partial charge is 0.311 e. The maximum atomic E-state index is 3.59. The van der Waals surface area contributed by atoms with Crippen LogP contribution in [0.2, 0.25) is 0 Å². The first-order valence-electron chi connectivity index (χ1n) is 7.33. The van der Waals surface area contributed by atoms with E-state index in [-0.39, 0.29) is 0 Å². The smallest absolute Gasteiger partial charge is 0.0207 e. The van der Waals surface area contributed by atoms with E-state index in [4.69, 9.17) is 0 Å². The SMILES string of the molecule is Cc1ccc(CNCCN2CCC(C)CC2)cc1Br. The maximum Gasteiger partial charge on any atom is 0.0207 e. The fourth-order valence-electron chi connectivity index (χ4n) is 2.50. The van der Waals surface area contributed by atoms with Gasteiger partial charge in [0.05, 0.1) is 0 Å². The Bertz CT molecular complexity index is 398. The summed E-state index contributed by atoms with van der Waals surface area (Å²) in [5.74, 6) is 0.925. The second-order valence-corrected chi connectivity index (χ2v) is 6.64. The summed E-state index contributed by atoms with van der Waals surface area (Å²) in [6, 6.07) is 6.59. The zero-order chi connectivity index (χ0) is 13.7. The predicted molar refractivity (Wildman–Crippen MR) is 85.4 cm³/mol. The molecule has 0 spiro atoms. The van der Waals surface area contributed by atoms with Crippen molar-refractivity contribution in [2.75, 3.05) is 26.2 Å². The van der Waals surface area contributed by atoms with Crippen LogP contribution >= 0.6 is 15.9 Å². The first kappa shape index (κ1) is 15.0. The van der Waals surface area contributed by atoms with Crippen molar-refractivity contribution in [3.05, 3.63) is 33.8 Å². The van der Waals surface area contributed by atoms with E-state index in [2.05, 4.69) is 58.2 Å². The summed E-state index contributed by atoms with van der Waals surface area (Å²) in [6.07, 6.45) is 2.73. The van der Waals surface area contributed by atoms with Gasteiger partial charge in [-0.05, 0) is 56.0 Å². The van der Waals surface area contributed by atoms with Crippen molar-refractivity contribution in [1.82, 2.24) is 10.2 Å². The average Bonchev–Trinajstić information content (AvgIpc) is 2.41. The van der Waals surface area contributed by atoms with E-state index in [1.165, 1.54) is 48.1 Å². The van der Waals surface area contributed by atoms with E-state index in [0.29, 0.717) is 0 Å². The number of likely N-dealkylation sites (tertiary alicyclic amines) is 1. The number of piperidine rings is 1. The Morgan fingerprint density at radius 2 is 2.05 bits per heavy atom. The van der Waals surface area contributed by atoms with E-state index in [9.17, 15) is 0 Å². The minimum Gasteiger partial charge on any atom is -0.311 e. The topological polar surface area (TPSA) is 15.3 Å². The summed E-state index contributed by atoms with van der Waals surface area (Å²) in [4.78, 5) is 2.58. The van der Waals surface area contributed by atoms with E-state index in [1.807, 2.05) is 0 Å². The van der Waals surface area contributed by atoms with Crippen molar-refractivity contribution in [2.24, 2.45) is 5.92 Å². The molecule has 0 radical (unpaired) electrons. The first-order chi connectivity index (χ1) is 9.15. The molecule has 0 bridgehead atoms. The van der Waals surface area contributed by atoms with Gasteiger partial charge in [-0.1, -0.05) is 35.0 Å². The van der Waals surface area contributed by atoms with Crippen LogP contribution in [0.25, 0.3) is 0 Å². The lowest BCUT2D eigenvalue weighted by molar-refractivity contribution is 0.193. The average molecular weight is 325 g/mol. The van der Waals surface area contributed by atoms with Gasteiger partial charge in [-0.3, -0.25) is 0 Å². The Hall–Kier alpha value is -0.380. The van der Waals surface area contributed by atoms with Crippen LogP contribution < -0.4 is 5.32 Å². The molecule has 0 amide bonds. The molecule has 1 aromatic rings. The monoisotopic (exact) mass is 324 g/mol.